The Morgan fingerprint density at radius 3 is 2.72 bits per heavy atom. The van der Waals surface area contributed by atoms with Crippen LogP contribution in [0.1, 0.15) is 11.3 Å². The van der Waals surface area contributed by atoms with E-state index in [0.717, 1.165) is 11.1 Å². The lowest BCUT2D eigenvalue weighted by Crippen LogP contribution is -2.29. The van der Waals surface area contributed by atoms with E-state index in [1.807, 2.05) is 31.2 Å². The van der Waals surface area contributed by atoms with Crippen LogP contribution in [0.25, 0.3) is 15.5 Å². The first-order chi connectivity index (χ1) is 14.0. The van der Waals surface area contributed by atoms with E-state index in [-0.39, 0.29) is 12.1 Å². The number of fused-ring (bicyclic) bond motifs is 1. The zero-order valence-electron chi connectivity index (χ0n) is 15.3. The number of carbonyl (C=O) groups excluding carboxylic acids is 1. The molecule has 0 saturated heterocycles. The zero-order chi connectivity index (χ0) is 20.4. The fourth-order valence-electron chi connectivity index (χ4n) is 2.77. The number of benzene rings is 2. The SMILES string of the molecule is Cc1ccccc1-c1nn2c(=O)cc(CNC(=O)Nc3ccccc3Cl)nc2s1. The van der Waals surface area contributed by atoms with Crippen LogP contribution < -0.4 is 16.2 Å². The second-order valence-electron chi connectivity index (χ2n) is 6.29. The predicted molar refractivity (Wildman–Crippen MR) is 115 cm³/mol. The Labute approximate surface area is 175 Å². The van der Waals surface area contributed by atoms with Crippen LogP contribution in [0.4, 0.5) is 10.5 Å². The van der Waals surface area contributed by atoms with Crippen LogP contribution in [0.3, 0.4) is 0 Å². The molecule has 2 aromatic heterocycles. The van der Waals surface area contributed by atoms with E-state index in [1.165, 1.54) is 21.9 Å². The van der Waals surface area contributed by atoms with Crippen LogP contribution in [0.5, 0.6) is 0 Å². The lowest BCUT2D eigenvalue weighted by Gasteiger charge is -2.08. The molecule has 0 radical (unpaired) electrons. The van der Waals surface area contributed by atoms with Crippen LogP contribution in [0.15, 0.2) is 59.4 Å². The molecule has 2 amide bonds. The molecule has 7 nitrogen and oxygen atoms in total. The summed E-state index contributed by atoms with van der Waals surface area (Å²) in [7, 11) is 0. The van der Waals surface area contributed by atoms with E-state index in [4.69, 9.17) is 11.6 Å². The fourth-order valence-corrected chi connectivity index (χ4v) is 3.97. The smallest absolute Gasteiger partial charge is 0.319 e. The van der Waals surface area contributed by atoms with Gasteiger partial charge in [0.25, 0.3) is 5.56 Å². The quantitative estimate of drug-likeness (QED) is 0.515. The maximum absolute atomic E-state index is 12.4. The van der Waals surface area contributed by atoms with Crippen molar-refractivity contribution in [3.05, 3.63) is 81.2 Å². The summed E-state index contributed by atoms with van der Waals surface area (Å²) in [5, 5.41) is 10.9. The summed E-state index contributed by atoms with van der Waals surface area (Å²) in [6.07, 6.45) is 0. The number of para-hydroxylation sites is 1. The number of urea groups is 1. The van der Waals surface area contributed by atoms with E-state index >= 15 is 0 Å². The van der Waals surface area contributed by atoms with Gasteiger partial charge < -0.3 is 10.6 Å². The van der Waals surface area contributed by atoms with Crippen LogP contribution in [-0.4, -0.2) is 20.6 Å². The van der Waals surface area contributed by atoms with Gasteiger partial charge in [0, 0.05) is 11.6 Å². The Balaban J connectivity index is 1.53. The first-order valence-electron chi connectivity index (χ1n) is 8.76. The maximum Gasteiger partial charge on any atom is 0.319 e. The molecule has 146 valence electrons. The van der Waals surface area contributed by atoms with Gasteiger partial charge in [-0.05, 0) is 24.6 Å². The number of hydrogen-bond acceptors (Lipinski definition) is 5. The Morgan fingerprint density at radius 1 is 1.17 bits per heavy atom. The molecule has 4 rings (SSSR count). The number of anilines is 1. The largest absolute Gasteiger partial charge is 0.332 e. The molecule has 0 saturated carbocycles. The van der Waals surface area contributed by atoms with E-state index in [2.05, 4.69) is 20.7 Å². The van der Waals surface area contributed by atoms with Gasteiger partial charge in [0.05, 0.1) is 22.9 Å². The molecular formula is C20H16ClN5O2S. The Morgan fingerprint density at radius 2 is 1.93 bits per heavy atom. The Hall–Kier alpha value is -3.23. The summed E-state index contributed by atoms with van der Waals surface area (Å²) in [6, 6.07) is 15.7. The number of nitrogens with one attached hydrogen (secondary N) is 2. The highest BCUT2D eigenvalue weighted by Crippen LogP contribution is 2.27. The first-order valence-corrected chi connectivity index (χ1v) is 9.96. The van der Waals surface area contributed by atoms with E-state index < -0.39 is 6.03 Å². The van der Waals surface area contributed by atoms with Crippen LogP contribution in [0.2, 0.25) is 5.02 Å². The van der Waals surface area contributed by atoms with Crippen LogP contribution in [-0.2, 0) is 6.54 Å². The van der Waals surface area contributed by atoms with E-state index in [1.54, 1.807) is 24.3 Å². The average molecular weight is 426 g/mol. The van der Waals surface area contributed by atoms with Crippen molar-refractivity contribution in [3.63, 3.8) is 0 Å². The third-order valence-electron chi connectivity index (χ3n) is 4.23. The van der Waals surface area contributed by atoms with Gasteiger partial charge in [-0.2, -0.15) is 9.61 Å². The summed E-state index contributed by atoms with van der Waals surface area (Å²) in [5.74, 6) is 0. The molecular weight excluding hydrogens is 410 g/mol. The van der Waals surface area contributed by atoms with Gasteiger partial charge in [-0.1, -0.05) is 59.3 Å². The monoisotopic (exact) mass is 425 g/mol. The number of hydrogen-bond donors (Lipinski definition) is 2. The molecule has 29 heavy (non-hydrogen) atoms. The van der Waals surface area contributed by atoms with Crippen molar-refractivity contribution in [1.82, 2.24) is 19.9 Å². The average Bonchev–Trinajstić information content (AvgIpc) is 3.13. The van der Waals surface area contributed by atoms with Gasteiger partial charge in [-0.15, -0.1) is 0 Å². The molecule has 2 aromatic carbocycles. The summed E-state index contributed by atoms with van der Waals surface area (Å²) >= 11 is 7.36. The number of aryl methyl sites for hydroxylation is 1. The third kappa shape index (κ3) is 4.13. The molecule has 0 unspecified atom stereocenters. The lowest BCUT2D eigenvalue weighted by molar-refractivity contribution is 0.251. The topological polar surface area (TPSA) is 88.4 Å². The normalized spacial score (nSPS) is 10.8. The molecule has 4 aromatic rings. The zero-order valence-corrected chi connectivity index (χ0v) is 16.9. The highest BCUT2D eigenvalue weighted by atomic mass is 35.5. The van der Waals surface area contributed by atoms with Crippen LogP contribution >= 0.6 is 22.9 Å². The second kappa shape index (κ2) is 8.02. The molecule has 2 heterocycles. The number of halogens is 1. The van der Waals surface area contributed by atoms with Gasteiger partial charge in [0.15, 0.2) is 0 Å². The van der Waals surface area contributed by atoms with Crippen molar-refractivity contribution in [2.24, 2.45) is 0 Å². The van der Waals surface area contributed by atoms with E-state index in [0.29, 0.717) is 26.4 Å². The van der Waals surface area contributed by atoms with Crippen molar-refractivity contribution in [2.45, 2.75) is 13.5 Å². The summed E-state index contributed by atoms with van der Waals surface area (Å²) in [4.78, 5) is 29.5. The fraction of sp³-hybridized carbons (Fsp3) is 0.100. The highest BCUT2D eigenvalue weighted by molar-refractivity contribution is 7.19. The highest BCUT2D eigenvalue weighted by Gasteiger charge is 2.13. The Bertz CT molecular complexity index is 1270. The minimum atomic E-state index is -0.440. The molecule has 0 bridgehead atoms. The van der Waals surface area contributed by atoms with E-state index in [9.17, 15) is 9.59 Å². The van der Waals surface area contributed by atoms with Gasteiger partial charge in [-0.3, -0.25) is 4.79 Å². The van der Waals surface area contributed by atoms with Gasteiger partial charge in [0.2, 0.25) is 4.96 Å². The minimum absolute atomic E-state index is 0.0968. The predicted octanol–water partition coefficient (Wildman–Crippen LogP) is 4.10. The third-order valence-corrected chi connectivity index (χ3v) is 5.50. The van der Waals surface area contributed by atoms with Gasteiger partial charge in [0.1, 0.15) is 5.01 Å². The standard InChI is InChI=1S/C20H16ClN5O2S/c1-12-6-2-3-7-14(12)18-25-26-17(27)10-13(23-20(26)29-18)11-22-19(28)24-16-9-5-4-8-15(16)21/h2-10H,11H2,1H3,(H2,22,24,28). The summed E-state index contributed by atoms with van der Waals surface area (Å²) < 4.78 is 1.28. The van der Waals surface area contributed by atoms with Gasteiger partial charge in [-0.25, -0.2) is 9.78 Å². The van der Waals surface area contributed by atoms with Crippen molar-refractivity contribution < 1.29 is 4.79 Å². The molecule has 0 atom stereocenters. The number of aromatic nitrogens is 3. The molecule has 0 aliphatic carbocycles. The van der Waals surface area contributed by atoms with Crippen molar-refractivity contribution in [3.8, 4) is 10.6 Å². The number of amides is 2. The lowest BCUT2D eigenvalue weighted by atomic mass is 10.1. The molecule has 0 fully saturated rings. The van der Waals surface area contributed by atoms with Crippen LogP contribution in [0, 0.1) is 6.92 Å². The molecule has 2 N–H and O–H groups in total. The Kier molecular flexibility index (Phi) is 5.28. The summed E-state index contributed by atoms with van der Waals surface area (Å²) in [5.41, 5.74) is 2.68. The first kappa shape index (κ1) is 19.1. The second-order valence-corrected chi connectivity index (χ2v) is 7.65. The van der Waals surface area contributed by atoms with Crippen molar-refractivity contribution in [2.75, 3.05) is 5.32 Å². The van der Waals surface area contributed by atoms with Crippen molar-refractivity contribution >= 4 is 39.6 Å². The molecule has 0 aliphatic rings. The number of rotatable bonds is 4. The molecule has 0 aliphatic heterocycles. The molecule has 0 spiro atoms. The number of carbonyl (C=O) groups is 1. The van der Waals surface area contributed by atoms with Gasteiger partial charge >= 0.3 is 6.03 Å². The minimum Gasteiger partial charge on any atom is -0.332 e. The molecule has 9 heteroatoms. The number of nitrogens with zero attached hydrogens (tertiary/aromatic N) is 3. The van der Waals surface area contributed by atoms with Crippen molar-refractivity contribution in [1.29, 1.82) is 0 Å². The maximum atomic E-state index is 12.4. The summed E-state index contributed by atoms with van der Waals surface area (Å²) in [6.45, 7) is 2.09.